The molecule has 0 saturated carbocycles. The molecule has 2 fully saturated rings. The third kappa shape index (κ3) is 2.95. The van der Waals surface area contributed by atoms with Crippen molar-refractivity contribution >= 4 is 0 Å². The Bertz CT molecular complexity index is 215. The van der Waals surface area contributed by atoms with E-state index in [0.29, 0.717) is 0 Å². The van der Waals surface area contributed by atoms with Gasteiger partial charge in [0.15, 0.2) is 12.5 Å². The van der Waals surface area contributed by atoms with Crippen LogP contribution in [0.15, 0.2) is 25.6 Å². The number of nitrogens with one attached hydrogen (secondary N) is 2. The summed E-state index contributed by atoms with van der Waals surface area (Å²) in [5, 5.41) is 6.01. The Morgan fingerprint density at radius 3 is 1.73 bits per heavy atom. The molecular weight excluding hydrogens is 196 g/mol. The molecule has 0 spiro atoms. The number of hydrogen-bond donors (Lipinski definition) is 2. The number of rotatable bonds is 8. The lowest BCUT2D eigenvalue weighted by molar-refractivity contribution is -0.0574. The highest BCUT2D eigenvalue weighted by Gasteiger charge is 2.40. The van der Waals surface area contributed by atoms with Crippen molar-refractivity contribution in [3.8, 4) is 0 Å². The van der Waals surface area contributed by atoms with E-state index < -0.39 is 0 Å². The lowest BCUT2D eigenvalue weighted by Gasteiger charge is -2.22. The van der Waals surface area contributed by atoms with Crippen LogP contribution < -0.4 is 10.6 Å². The van der Waals surface area contributed by atoms with E-state index in [4.69, 9.17) is 14.2 Å². The second kappa shape index (κ2) is 4.65. The van der Waals surface area contributed by atoms with Gasteiger partial charge in [-0.15, -0.1) is 0 Å². The van der Waals surface area contributed by atoms with Gasteiger partial charge in [0.2, 0.25) is 0 Å². The van der Waals surface area contributed by atoms with Crippen molar-refractivity contribution in [1.29, 1.82) is 0 Å². The number of hydrogen-bond acceptors (Lipinski definition) is 5. The highest BCUT2D eigenvalue weighted by atomic mass is 16.6. The molecule has 5 heteroatoms. The zero-order valence-corrected chi connectivity index (χ0v) is 8.52. The maximum atomic E-state index is 5.76. The van der Waals surface area contributed by atoms with Gasteiger partial charge in [-0.25, -0.2) is 0 Å². The van der Waals surface area contributed by atoms with Gasteiger partial charge >= 0.3 is 0 Å². The minimum Gasteiger partial charge on any atom is -0.368 e. The van der Waals surface area contributed by atoms with Crippen LogP contribution in [0.4, 0.5) is 0 Å². The molecular formula is C10H16N2O3. The number of ether oxygens (including phenoxy) is 3. The van der Waals surface area contributed by atoms with Crippen LogP contribution in [0.5, 0.6) is 0 Å². The fourth-order valence-electron chi connectivity index (χ4n) is 1.32. The molecule has 2 N–H and O–H groups in total. The first-order valence-corrected chi connectivity index (χ1v) is 4.97. The van der Waals surface area contributed by atoms with E-state index in [1.165, 1.54) is 0 Å². The molecule has 0 amide bonds. The fourth-order valence-corrected chi connectivity index (χ4v) is 1.32. The molecule has 2 aliphatic rings. The van der Waals surface area contributed by atoms with Crippen molar-refractivity contribution in [2.45, 2.75) is 24.7 Å². The van der Waals surface area contributed by atoms with Crippen LogP contribution in [0.3, 0.4) is 0 Å². The summed E-state index contributed by atoms with van der Waals surface area (Å²) in [6, 6.07) is 0. The summed E-state index contributed by atoms with van der Waals surface area (Å²) in [5.41, 5.74) is 0. The van der Waals surface area contributed by atoms with Crippen LogP contribution in [0.2, 0.25) is 0 Å². The van der Waals surface area contributed by atoms with Crippen molar-refractivity contribution in [1.82, 2.24) is 10.6 Å². The molecule has 4 unspecified atom stereocenters. The van der Waals surface area contributed by atoms with Gasteiger partial charge in [-0.05, 0) is 12.4 Å². The van der Waals surface area contributed by atoms with E-state index in [2.05, 4.69) is 23.8 Å². The molecule has 0 bridgehead atoms. The first kappa shape index (κ1) is 10.5. The quantitative estimate of drug-likeness (QED) is 0.435. The summed E-state index contributed by atoms with van der Waals surface area (Å²) in [5.74, 6) is 0. The summed E-state index contributed by atoms with van der Waals surface area (Å²) in [6.07, 6.45) is 3.07. The van der Waals surface area contributed by atoms with Gasteiger partial charge in [0.1, 0.15) is 12.2 Å². The predicted octanol–water partition coefficient (Wildman–Crippen LogP) is -0.0810. The fraction of sp³-hybridized carbons (Fsp3) is 0.600. The average Bonchev–Trinajstić information content (AvgIpc) is 3.05. The zero-order valence-electron chi connectivity index (χ0n) is 8.52. The minimum absolute atomic E-state index is 0.107. The Kier molecular flexibility index (Phi) is 3.25. The van der Waals surface area contributed by atoms with Crippen molar-refractivity contribution < 1.29 is 14.2 Å². The molecule has 2 aliphatic heterocycles. The van der Waals surface area contributed by atoms with Crippen molar-refractivity contribution in [3.63, 3.8) is 0 Å². The third-order valence-corrected chi connectivity index (χ3v) is 2.25. The van der Waals surface area contributed by atoms with Crippen LogP contribution in [-0.4, -0.2) is 37.9 Å². The molecule has 0 radical (unpaired) electrons. The SMILES string of the molecule is C=CNC(OC(NC=C)C1CO1)C1CO1. The monoisotopic (exact) mass is 212 g/mol. The highest BCUT2D eigenvalue weighted by Crippen LogP contribution is 2.21. The van der Waals surface area contributed by atoms with Crippen LogP contribution >= 0.6 is 0 Å². The Balaban J connectivity index is 1.83. The Labute approximate surface area is 89.1 Å². The summed E-state index contributed by atoms with van der Waals surface area (Å²) < 4.78 is 16.1. The molecule has 2 heterocycles. The molecule has 0 aromatic rings. The Morgan fingerprint density at radius 1 is 1.07 bits per heavy atom. The second-order valence-electron chi connectivity index (χ2n) is 3.46. The van der Waals surface area contributed by atoms with Crippen LogP contribution in [0.1, 0.15) is 0 Å². The molecule has 0 aliphatic carbocycles. The van der Waals surface area contributed by atoms with Crippen LogP contribution in [0.25, 0.3) is 0 Å². The highest BCUT2D eigenvalue weighted by molar-refractivity contribution is 4.87. The molecule has 4 atom stereocenters. The van der Waals surface area contributed by atoms with Gasteiger partial charge < -0.3 is 24.8 Å². The molecule has 15 heavy (non-hydrogen) atoms. The normalized spacial score (nSPS) is 31.2. The van der Waals surface area contributed by atoms with Gasteiger partial charge in [-0.1, -0.05) is 13.2 Å². The maximum Gasteiger partial charge on any atom is 0.158 e. The second-order valence-corrected chi connectivity index (χ2v) is 3.46. The summed E-state index contributed by atoms with van der Waals surface area (Å²) in [7, 11) is 0. The van der Waals surface area contributed by atoms with Crippen LogP contribution in [-0.2, 0) is 14.2 Å². The first-order chi connectivity index (χ1) is 7.35. The summed E-state index contributed by atoms with van der Waals surface area (Å²) in [6.45, 7) is 8.65. The van der Waals surface area contributed by atoms with E-state index in [9.17, 15) is 0 Å². The first-order valence-electron chi connectivity index (χ1n) is 4.97. The summed E-state index contributed by atoms with van der Waals surface area (Å²) in [4.78, 5) is 0. The predicted molar refractivity (Wildman–Crippen MR) is 54.8 cm³/mol. The van der Waals surface area contributed by atoms with Crippen molar-refractivity contribution in [2.75, 3.05) is 13.2 Å². The topological polar surface area (TPSA) is 58.4 Å². The van der Waals surface area contributed by atoms with Gasteiger partial charge in [-0.2, -0.15) is 0 Å². The molecule has 5 nitrogen and oxygen atoms in total. The average molecular weight is 212 g/mol. The van der Waals surface area contributed by atoms with Gasteiger partial charge in [0.25, 0.3) is 0 Å². The molecule has 2 saturated heterocycles. The largest absolute Gasteiger partial charge is 0.368 e. The Morgan fingerprint density at radius 2 is 1.47 bits per heavy atom. The third-order valence-electron chi connectivity index (χ3n) is 2.25. The van der Waals surface area contributed by atoms with Gasteiger partial charge in [0.05, 0.1) is 13.2 Å². The van der Waals surface area contributed by atoms with Crippen LogP contribution in [0, 0.1) is 0 Å². The van der Waals surface area contributed by atoms with E-state index in [1.807, 2.05) is 0 Å². The summed E-state index contributed by atoms with van der Waals surface area (Å²) >= 11 is 0. The molecule has 2 rings (SSSR count). The smallest absolute Gasteiger partial charge is 0.158 e. The van der Waals surface area contributed by atoms with Crippen molar-refractivity contribution in [3.05, 3.63) is 25.6 Å². The lowest BCUT2D eigenvalue weighted by Crippen LogP contribution is -2.43. The molecule has 0 aromatic heterocycles. The van der Waals surface area contributed by atoms with E-state index in [1.54, 1.807) is 12.4 Å². The Hall–Kier alpha value is -1.04. The lowest BCUT2D eigenvalue weighted by atomic mass is 10.3. The van der Waals surface area contributed by atoms with E-state index >= 15 is 0 Å². The van der Waals surface area contributed by atoms with Gasteiger partial charge in [-0.3, -0.25) is 0 Å². The zero-order chi connectivity index (χ0) is 10.7. The van der Waals surface area contributed by atoms with Crippen molar-refractivity contribution in [2.24, 2.45) is 0 Å². The van der Waals surface area contributed by atoms with Gasteiger partial charge in [0, 0.05) is 0 Å². The minimum atomic E-state index is -0.177. The standard InChI is InChI=1S/C10H16N2O3/c1-3-11-9(7-5-13-7)15-10(12-4-2)8-6-14-8/h3-4,7-12H,1-2,5-6H2. The van der Waals surface area contributed by atoms with E-state index in [-0.39, 0.29) is 24.7 Å². The maximum absolute atomic E-state index is 5.76. The molecule has 84 valence electrons. The number of epoxide rings is 2. The van der Waals surface area contributed by atoms with E-state index in [0.717, 1.165) is 13.2 Å². The molecule has 0 aromatic carbocycles.